The molecule has 0 spiro atoms. The quantitative estimate of drug-likeness (QED) is 0.671. The van der Waals surface area contributed by atoms with Crippen molar-refractivity contribution < 1.29 is 0 Å². The average molecular weight is 197 g/mol. The Morgan fingerprint density at radius 1 is 1.14 bits per heavy atom. The van der Waals surface area contributed by atoms with Crippen LogP contribution in [0.1, 0.15) is 66.2 Å². The highest BCUT2D eigenvalue weighted by Gasteiger charge is 2.35. The molecule has 1 saturated carbocycles. The minimum atomic E-state index is 0.128. The highest BCUT2D eigenvalue weighted by molar-refractivity contribution is 4.93. The van der Waals surface area contributed by atoms with Gasteiger partial charge < -0.3 is 5.73 Å². The van der Waals surface area contributed by atoms with E-state index in [9.17, 15) is 0 Å². The maximum Gasteiger partial charge on any atom is 0.0180 e. The smallest absolute Gasteiger partial charge is 0.0180 e. The van der Waals surface area contributed by atoms with Gasteiger partial charge in [-0.3, -0.25) is 0 Å². The molecule has 1 aliphatic rings. The van der Waals surface area contributed by atoms with Crippen LogP contribution in [0, 0.1) is 11.3 Å². The molecular weight excluding hydrogens is 170 g/mol. The van der Waals surface area contributed by atoms with E-state index in [0.29, 0.717) is 11.3 Å². The van der Waals surface area contributed by atoms with Gasteiger partial charge in [0.25, 0.3) is 0 Å². The predicted octanol–water partition coefficient (Wildman–Crippen LogP) is 3.72. The van der Waals surface area contributed by atoms with E-state index in [-0.39, 0.29) is 5.54 Å². The molecule has 0 aromatic heterocycles. The highest BCUT2D eigenvalue weighted by Crippen LogP contribution is 2.40. The van der Waals surface area contributed by atoms with Crippen LogP contribution in [0.25, 0.3) is 0 Å². The molecule has 2 atom stereocenters. The molecule has 0 radical (unpaired) electrons. The lowest BCUT2D eigenvalue weighted by Gasteiger charge is -2.35. The Balaban J connectivity index is 2.64. The first-order chi connectivity index (χ1) is 6.40. The molecule has 1 aliphatic carbocycles. The predicted molar refractivity (Wildman–Crippen MR) is 63.2 cm³/mol. The Kier molecular flexibility index (Phi) is 3.63. The standard InChI is InChI=1S/C13H27N/c1-5-11(2)13(14)8-6-7-12(3,4)9-10-13/h11H,5-10,14H2,1-4H3. The fraction of sp³-hybridized carbons (Fsp3) is 1.00. The Labute approximate surface area is 89.5 Å². The molecule has 0 saturated heterocycles. The van der Waals surface area contributed by atoms with E-state index in [1.807, 2.05) is 0 Å². The van der Waals surface area contributed by atoms with Gasteiger partial charge in [0.1, 0.15) is 0 Å². The van der Waals surface area contributed by atoms with Crippen molar-refractivity contribution in [2.24, 2.45) is 17.1 Å². The van der Waals surface area contributed by atoms with E-state index in [1.165, 1.54) is 38.5 Å². The second kappa shape index (κ2) is 4.22. The molecule has 0 amide bonds. The summed E-state index contributed by atoms with van der Waals surface area (Å²) in [7, 11) is 0. The van der Waals surface area contributed by atoms with Gasteiger partial charge >= 0.3 is 0 Å². The summed E-state index contributed by atoms with van der Waals surface area (Å²) in [5.74, 6) is 0.677. The van der Waals surface area contributed by atoms with Crippen LogP contribution in [0.5, 0.6) is 0 Å². The largest absolute Gasteiger partial charge is 0.325 e. The summed E-state index contributed by atoms with van der Waals surface area (Å²) in [5.41, 5.74) is 7.18. The van der Waals surface area contributed by atoms with Gasteiger partial charge in [-0.15, -0.1) is 0 Å². The zero-order valence-corrected chi connectivity index (χ0v) is 10.4. The maximum absolute atomic E-state index is 6.53. The minimum absolute atomic E-state index is 0.128. The lowest BCUT2D eigenvalue weighted by Crippen LogP contribution is -2.45. The van der Waals surface area contributed by atoms with E-state index < -0.39 is 0 Å². The number of rotatable bonds is 2. The first-order valence-electron chi connectivity index (χ1n) is 6.18. The van der Waals surface area contributed by atoms with Crippen LogP contribution in [0.3, 0.4) is 0 Å². The maximum atomic E-state index is 6.53. The summed E-state index contributed by atoms with van der Waals surface area (Å²) < 4.78 is 0. The van der Waals surface area contributed by atoms with Crippen LogP contribution in [-0.4, -0.2) is 5.54 Å². The molecule has 1 rings (SSSR count). The molecule has 2 unspecified atom stereocenters. The molecule has 1 fully saturated rings. The molecule has 0 heterocycles. The molecular formula is C13H27N. The fourth-order valence-electron chi connectivity index (χ4n) is 2.62. The third-order valence-corrected chi connectivity index (χ3v) is 4.36. The second-order valence-electron chi connectivity index (χ2n) is 6.06. The fourth-order valence-corrected chi connectivity index (χ4v) is 2.62. The summed E-state index contributed by atoms with van der Waals surface area (Å²) in [6.45, 7) is 9.35. The van der Waals surface area contributed by atoms with Crippen LogP contribution in [0.2, 0.25) is 0 Å². The molecule has 0 bridgehead atoms. The SMILES string of the molecule is CCC(C)C1(N)CCCC(C)(C)CC1. The number of nitrogens with two attached hydrogens (primary N) is 1. The summed E-state index contributed by atoms with van der Waals surface area (Å²) in [4.78, 5) is 0. The average Bonchev–Trinajstić information content (AvgIpc) is 2.26. The normalized spacial score (nSPS) is 34.9. The summed E-state index contributed by atoms with van der Waals surface area (Å²) >= 11 is 0. The highest BCUT2D eigenvalue weighted by atomic mass is 14.8. The lowest BCUT2D eigenvalue weighted by molar-refractivity contribution is 0.234. The van der Waals surface area contributed by atoms with Crippen molar-refractivity contribution in [1.29, 1.82) is 0 Å². The molecule has 1 heteroatoms. The molecule has 0 aromatic rings. The van der Waals surface area contributed by atoms with Crippen molar-refractivity contribution in [3.63, 3.8) is 0 Å². The van der Waals surface area contributed by atoms with Crippen LogP contribution in [-0.2, 0) is 0 Å². The lowest BCUT2D eigenvalue weighted by atomic mass is 9.77. The van der Waals surface area contributed by atoms with E-state index in [4.69, 9.17) is 5.73 Å². The van der Waals surface area contributed by atoms with Crippen LogP contribution in [0.15, 0.2) is 0 Å². The van der Waals surface area contributed by atoms with Crippen LogP contribution < -0.4 is 5.73 Å². The zero-order chi connectivity index (χ0) is 10.8. The monoisotopic (exact) mass is 197 g/mol. The Morgan fingerprint density at radius 2 is 1.79 bits per heavy atom. The van der Waals surface area contributed by atoms with Crippen molar-refractivity contribution in [2.45, 2.75) is 71.8 Å². The van der Waals surface area contributed by atoms with Crippen LogP contribution in [0.4, 0.5) is 0 Å². The van der Waals surface area contributed by atoms with Gasteiger partial charge in [0.2, 0.25) is 0 Å². The zero-order valence-electron chi connectivity index (χ0n) is 10.4. The minimum Gasteiger partial charge on any atom is -0.325 e. The van der Waals surface area contributed by atoms with Gasteiger partial charge in [0.15, 0.2) is 0 Å². The molecule has 0 aromatic carbocycles. The first-order valence-corrected chi connectivity index (χ1v) is 6.18. The molecule has 1 nitrogen and oxygen atoms in total. The van der Waals surface area contributed by atoms with E-state index >= 15 is 0 Å². The van der Waals surface area contributed by atoms with E-state index in [0.717, 1.165) is 0 Å². The first kappa shape index (κ1) is 12.0. The van der Waals surface area contributed by atoms with Gasteiger partial charge in [-0.25, -0.2) is 0 Å². The van der Waals surface area contributed by atoms with Crippen molar-refractivity contribution >= 4 is 0 Å². The molecule has 84 valence electrons. The van der Waals surface area contributed by atoms with Crippen LogP contribution >= 0.6 is 0 Å². The van der Waals surface area contributed by atoms with Gasteiger partial charge in [0, 0.05) is 5.54 Å². The van der Waals surface area contributed by atoms with Crippen molar-refractivity contribution in [3.8, 4) is 0 Å². The third kappa shape index (κ3) is 2.73. The third-order valence-electron chi connectivity index (χ3n) is 4.36. The van der Waals surface area contributed by atoms with Crippen molar-refractivity contribution in [1.82, 2.24) is 0 Å². The van der Waals surface area contributed by atoms with Gasteiger partial charge in [-0.2, -0.15) is 0 Å². The van der Waals surface area contributed by atoms with E-state index in [2.05, 4.69) is 27.7 Å². The molecule has 2 N–H and O–H groups in total. The van der Waals surface area contributed by atoms with Crippen molar-refractivity contribution in [3.05, 3.63) is 0 Å². The Bertz CT molecular complexity index is 186. The summed E-state index contributed by atoms with van der Waals surface area (Å²) in [6.07, 6.45) is 7.63. The Morgan fingerprint density at radius 3 is 2.36 bits per heavy atom. The number of hydrogen-bond donors (Lipinski definition) is 1. The summed E-state index contributed by atoms with van der Waals surface area (Å²) in [5, 5.41) is 0. The topological polar surface area (TPSA) is 26.0 Å². The van der Waals surface area contributed by atoms with E-state index in [1.54, 1.807) is 0 Å². The van der Waals surface area contributed by atoms with Crippen molar-refractivity contribution in [2.75, 3.05) is 0 Å². The Hall–Kier alpha value is -0.0400. The molecule has 14 heavy (non-hydrogen) atoms. The molecule has 0 aliphatic heterocycles. The number of hydrogen-bond acceptors (Lipinski definition) is 1. The summed E-state index contributed by atoms with van der Waals surface area (Å²) in [6, 6.07) is 0. The van der Waals surface area contributed by atoms with Gasteiger partial charge in [-0.05, 0) is 37.0 Å². The van der Waals surface area contributed by atoms with Gasteiger partial charge in [-0.1, -0.05) is 40.5 Å². The second-order valence-corrected chi connectivity index (χ2v) is 6.06. The van der Waals surface area contributed by atoms with Gasteiger partial charge in [0.05, 0.1) is 0 Å².